The molecule has 0 aromatic rings. The van der Waals surface area contributed by atoms with Gasteiger partial charge in [-0.3, -0.25) is 5.32 Å². The molecule has 80 valence electrons. The summed E-state index contributed by atoms with van der Waals surface area (Å²) in [6, 6.07) is 0.0189. The van der Waals surface area contributed by atoms with E-state index in [9.17, 15) is 5.11 Å². The van der Waals surface area contributed by atoms with E-state index < -0.39 is 6.23 Å². The maximum absolute atomic E-state index is 9.34. The van der Waals surface area contributed by atoms with Crippen LogP contribution in [0.3, 0.4) is 0 Å². The maximum atomic E-state index is 9.34. The van der Waals surface area contributed by atoms with Crippen molar-refractivity contribution in [1.29, 1.82) is 0 Å². The van der Waals surface area contributed by atoms with Gasteiger partial charge in [0.05, 0.1) is 6.61 Å². The van der Waals surface area contributed by atoms with Crippen molar-refractivity contribution >= 4 is 0 Å². The molecule has 0 heterocycles. The van der Waals surface area contributed by atoms with Crippen molar-refractivity contribution in [3.05, 3.63) is 0 Å². The van der Waals surface area contributed by atoms with Crippen LogP contribution in [0.15, 0.2) is 0 Å². The van der Waals surface area contributed by atoms with Crippen LogP contribution in [-0.4, -0.2) is 56.3 Å². The molecule has 5 nitrogen and oxygen atoms in total. The molecule has 0 spiro atoms. The van der Waals surface area contributed by atoms with Crippen LogP contribution in [0, 0.1) is 0 Å². The van der Waals surface area contributed by atoms with E-state index in [0.29, 0.717) is 6.42 Å². The van der Waals surface area contributed by atoms with Gasteiger partial charge < -0.3 is 20.8 Å². The van der Waals surface area contributed by atoms with Crippen LogP contribution in [0.5, 0.6) is 0 Å². The standard InChI is InChI=1S/C8H21N3O2/c1-9-6(4-8(13)11-3)7(5-12)10-2/h6-13H,4-5H2,1-3H3. The summed E-state index contributed by atoms with van der Waals surface area (Å²) in [5.74, 6) is 0. The van der Waals surface area contributed by atoms with E-state index in [1.165, 1.54) is 0 Å². The molecule has 0 aromatic heterocycles. The number of aliphatic hydroxyl groups excluding tert-OH is 2. The lowest BCUT2D eigenvalue weighted by Gasteiger charge is -2.26. The van der Waals surface area contributed by atoms with Gasteiger partial charge in [0, 0.05) is 18.5 Å². The van der Waals surface area contributed by atoms with E-state index in [1.54, 1.807) is 14.1 Å². The van der Waals surface area contributed by atoms with Gasteiger partial charge in [-0.25, -0.2) is 0 Å². The third-order valence-electron chi connectivity index (χ3n) is 2.23. The minimum atomic E-state index is -0.542. The third kappa shape index (κ3) is 4.54. The van der Waals surface area contributed by atoms with Gasteiger partial charge in [0.25, 0.3) is 0 Å². The van der Waals surface area contributed by atoms with E-state index in [1.807, 2.05) is 7.05 Å². The molecule has 13 heavy (non-hydrogen) atoms. The summed E-state index contributed by atoms with van der Waals surface area (Å²) >= 11 is 0. The SMILES string of the molecule is CNC(O)CC(NC)C(CO)NC. The topological polar surface area (TPSA) is 76.5 Å². The Hall–Kier alpha value is -0.200. The zero-order valence-corrected chi connectivity index (χ0v) is 8.54. The number of aliphatic hydroxyl groups is 2. The first kappa shape index (κ1) is 12.8. The molecule has 5 heteroatoms. The molecule has 0 rings (SSSR count). The fraction of sp³-hybridized carbons (Fsp3) is 1.00. The predicted molar refractivity (Wildman–Crippen MR) is 52.5 cm³/mol. The number of hydrogen-bond donors (Lipinski definition) is 5. The molecule has 0 bridgehead atoms. The molecule has 0 aliphatic rings. The predicted octanol–water partition coefficient (Wildman–Crippen LogP) is -1.92. The van der Waals surface area contributed by atoms with Crippen molar-refractivity contribution in [2.45, 2.75) is 24.7 Å². The van der Waals surface area contributed by atoms with E-state index in [0.717, 1.165) is 0 Å². The van der Waals surface area contributed by atoms with Crippen LogP contribution in [0.2, 0.25) is 0 Å². The first-order valence-electron chi connectivity index (χ1n) is 4.50. The van der Waals surface area contributed by atoms with Crippen LogP contribution >= 0.6 is 0 Å². The Morgan fingerprint density at radius 2 is 1.54 bits per heavy atom. The van der Waals surface area contributed by atoms with Crippen molar-refractivity contribution in [3.63, 3.8) is 0 Å². The summed E-state index contributed by atoms with van der Waals surface area (Å²) in [7, 11) is 5.30. The molecule has 3 atom stereocenters. The molecule has 0 aliphatic carbocycles. The molecule has 0 saturated carbocycles. The van der Waals surface area contributed by atoms with Crippen LogP contribution in [0.1, 0.15) is 6.42 Å². The highest BCUT2D eigenvalue weighted by atomic mass is 16.3. The summed E-state index contributed by atoms with van der Waals surface area (Å²) in [4.78, 5) is 0. The lowest BCUT2D eigenvalue weighted by atomic mass is 10.1. The summed E-state index contributed by atoms with van der Waals surface area (Å²) in [6.07, 6.45) is 0.0128. The molecule has 0 saturated heterocycles. The van der Waals surface area contributed by atoms with Gasteiger partial charge in [0.15, 0.2) is 0 Å². The molecule has 0 fully saturated rings. The number of hydrogen-bond acceptors (Lipinski definition) is 5. The highest BCUT2D eigenvalue weighted by Gasteiger charge is 2.19. The second-order valence-electron chi connectivity index (χ2n) is 3.01. The number of rotatable bonds is 7. The van der Waals surface area contributed by atoms with E-state index in [4.69, 9.17) is 5.11 Å². The van der Waals surface area contributed by atoms with Crippen LogP contribution in [-0.2, 0) is 0 Å². The van der Waals surface area contributed by atoms with Crippen LogP contribution in [0.25, 0.3) is 0 Å². The van der Waals surface area contributed by atoms with Gasteiger partial charge in [0.1, 0.15) is 6.23 Å². The molecular formula is C8H21N3O2. The second kappa shape index (κ2) is 7.23. The lowest BCUT2D eigenvalue weighted by molar-refractivity contribution is 0.109. The molecule has 3 unspecified atom stereocenters. The molecule has 0 radical (unpaired) electrons. The minimum Gasteiger partial charge on any atom is -0.395 e. The normalized spacial score (nSPS) is 18.2. The summed E-state index contributed by atoms with van der Waals surface area (Å²) < 4.78 is 0. The van der Waals surface area contributed by atoms with E-state index in [2.05, 4.69) is 16.0 Å². The fourth-order valence-electron chi connectivity index (χ4n) is 1.26. The maximum Gasteiger partial charge on any atom is 0.106 e. The number of likely N-dealkylation sites (N-methyl/N-ethyl adjacent to an activating group) is 2. The molecule has 5 N–H and O–H groups in total. The first-order chi connectivity index (χ1) is 6.19. The van der Waals surface area contributed by atoms with Crippen molar-refractivity contribution in [2.24, 2.45) is 0 Å². The summed E-state index contributed by atoms with van der Waals surface area (Å²) in [5, 5.41) is 27.1. The first-order valence-corrected chi connectivity index (χ1v) is 4.50. The monoisotopic (exact) mass is 191 g/mol. The molecule has 0 aromatic carbocycles. The lowest BCUT2D eigenvalue weighted by Crippen LogP contribution is -2.50. The van der Waals surface area contributed by atoms with Crippen molar-refractivity contribution in [1.82, 2.24) is 16.0 Å². The largest absolute Gasteiger partial charge is 0.395 e. The smallest absolute Gasteiger partial charge is 0.106 e. The van der Waals surface area contributed by atoms with Gasteiger partial charge in [-0.1, -0.05) is 0 Å². The Kier molecular flexibility index (Phi) is 7.12. The summed E-state index contributed by atoms with van der Waals surface area (Å²) in [6.45, 7) is 0.0540. The van der Waals surface area contributed by atoms with Crippen molar-refractivity contribution < 1.29 is 10.2 Å². The quantitative estimate of drug-likeness (QED) is 0.303. The zero-order valence-electron chi connectivity index (χ0n) is 8.54. The van der Waals surface area contributed by atoms with Crippen molar-refractivity contribution in [3.8, 4) is 0 Å². The Balaban J connectivity index is 3.98. The number of nitrogens with one attached hydrogen (secondary N) is 3. The highest BCUT2D eigenvalue weighted by Crippen LogP contribution is 2.00. The van der Waals surface area contributed by atoms with E-state index >= 15 is 0 Å². The van der Waals surface area contributed by atoms with Crippen molar-refractivity contribution in [2.75, 3.05) is 27.7 Å². The summed E-state index contributed by atoms with van der Waals surface area (Å²) in [5.41, 5.74) is 0. The average molecular weight is 191 g/mol. The zero-order chi connectivity index (χ0) is 10.3. The molecule has 0 aliphatic heterocycles. The van der Waals surface area contributed by atoms with Gasteiger partial charge in [-0.2, -0.15) is 0 Å². The Bertz CT molecular complexity index is 120. The van der Waals surface area contributed by atoms with Gasteiger partial charge in [-0.05, 0) is 21.1 Å². The van der Waals surface area contributed by atoms with Gasteiger partial charge in [-0.15, -0.1) is 0 Å². The van der Waals surface area contributed by atoms with Crippen LogP contribution in [0.4, 0.5) is 0 Å². The average Bonchev–Trinajstić information content (AvgIpc) is 2.17. The Morgan fingerprint density at radius 1 is 1.00 bits per heavy atom. The molecule has 0 amide bonds. The Labute approximate surface area is 79.5 Å². The minimum absolute atomic E-state index is 0.0343. The second-order valence-corrected chi connectivity index (χ2v) is 3.01. The third-order valence-corrected chi connectivity index (χ3v) is 2.23. The van der Waals surface area contributed by atoms with Crippen LogP contribution < -0.4 is 16.0 Å². The van der Waals surface area contributed by atoms with Gasteiger partial charge in [0.2, 0.25) is 0 Å². The van der Waals surface area contributed by atoms with Gasteiger partial charge >= 0.3 is 0 Å². The molecular weight excluding hydrogens is 170 g/mol. The Morgan fingerprint density at radius 3 is 1.85 bits per heavy atom. The fourth-order valence-corrected chi connectivity index (χ4v) is 1.26. The van der Waals surface area contributed by atoms with E-state index in [-0.39, 0.29) is 18.7 Å². The highest BCUT2D eigenvalue weighted by molar-refractivity contribution is 4.81.